The molecule has 4 atom stereocenters. The minimum atomic E-state index is -2.26. The molecule has 11 heteroatoms. The molecule has 1 unspecified atom stereocenters. The largest absolute Gasteiger partial charge is 0.382 e. The molecule has 4 N–H and O–H groups in total. The third-order valence-electron chi connectivity index (χ3n) is 6.74. The van der Waals surface area contributed by atoms with E-state index < -0.39 is 35.6 Å². The Balaban J connectivity index is 1.60. The molecular weight excluding hydrogens is 498 g/mol. The van der Waals surface area contributed by atoms with Gasteiger partial charge < -0.3 is 20.7 Å². The van der Waals surface area contributed by atoms with Crippen LogP contribution >= 0.6 is 11.6 Å². The van der Waals surface area contributed by atoms with Crippen LogP contribution < -0.4 is 5.73 Å². The number of nitrogen functional groups attached to an aromatic ring is 1. The molecule has 4 aromatic rings. The van der Waals surface area contributed by atoms with Crippen molar-refractivity contribution in [2.75, 3.05) is 5.73 Å². The summed E-state index contributed by atoms with van der Waals surface area (Å²) in [5.41, 5.74) is 5.90. The fraction of sp³-hybridized carbons (Fsp3) is 0.269. The topological polar surface area (TPSA) is 153 Å². The van der Waals surface area contributed by atoms with Gasteiger partial charge in [0.15, 0.2) is 28.6 Å². The third kappa shape index (κ3) is 4.17. The molecule has 0 spiro atoms. The number of halogens is 1. The molecule has 1 aliphatic heterocycles. The van der Waals surface area contributed by atoms with Gasteiger partial charge in [0.05, 0.1) is 6.33 Å². The van der Waals surface area contributed by atoms with Crippen molar-refractivity contribution in [1.29, 1.82) is 0 Å². The first-order valence-corrected chi connectivity index (χ1v) is 11.9. The number of hydrogen-bond donors (Lipinski definition) is 3. The molecule has 0 bridgehead atoms. The fourth-order valence-electron chi connectivity index (χ4n) is 4.76. The molecule has 10 nitrogen and oxygen atoms in total. The Labute approximate surface area is 216 Å². The van der Waals surface area contributed by atoms with Crippen LogP contribution in [0.15, 0.2) is 54.9 Å². The van der Waals surface area contributed by atoms with Gasteiger partial charge in [0, 0.05) is 17.5 Å². The lowest BCUT2D eigenvalue weighted by molar-refractivity contribution is -0.0902. The van der Waals surface area contributed by atoms with Crippen molar-refractivity contribution < 1.29 is 24.5 Å². The van der Waals surface area contributed by atoms with Gasteiger partial charge in [-0.25, -0.2) is 4.98 Å². The average Bonchev–Trinajstić information content (AvgIpc) is 3.45. The van der Waals surface area contributed by atoms with E-state index in [4.69, 9.17) is 22.1 Å². The number of carbonyl (C=O) groups is 2. The summed E-state index contributed by atoms with van der Waals surface area (Å²) in [5, 5.41) is 23.0. The highest BCUT2D eigenvalue weighted by Crippen LogP contribution is 2.42. The number of aryl methyl sites for hydroxylation is 2. The molecule has 1 aliphatic rings. The van der Waals surface area contributed by atoms with Crippen molar-refractivity contribution in [1.82, 2.24) is 19.5 Å². The van der Waals surface area contributed by atoms with Crippen LogP contribution in [0.3, 0.4) is 0 Å². The molecule has 2 aromatic heterocycles. The quantitative estimate of drug-likeness (QED) is 0.256. The van der Waals surface area contributed by atoms with Crippen LogP contribution in [0.2, 0.25) is 5.28 Å². The lowest BCUT2D eigenvalue weighted by atomic mass is 9.81. The first-order valence-electron chi connectivity index (χ1n) is 11.5. The Bertz CT molecular complexity index is 1540. The number of aliphatic hydroxyl groups excluding tert-OH is 1. The number of rotatable bonds is 6. The van der Waals surface area contributed by atoms with Gasteiger partial charge in [0.1, 0.15) is 24.0 Å². The number of nitrogens with two attached hydrogens (primary N) is 1. The van der Waals surface area contributed by atoms with Crippen LogP contribution in [-0.2, 0) is 4.74 Å². The second kappa shape index (κ2) is 9.31. The van der Waals surface area contributed by atoms with Crippen LogP contribution in [0.4, 0.5) is 5.82 Å². The summed E-state index contributed by atoms with van der Waals surface area (Å²) >= 11 is 5.99. The van der Waals surface area contributed by atoms with Crippen LogP contribution in [0.5, 0.6) is 0 Å². The van der Waals surface area contributed by atoms with Crippen LogP contribution in [0.25, 0.3) is 11.2 Å². The van der Waals surface area contributed by atoms with Crippen LogP contribution in [-0.4, -0.2) is 59.1 Å². The maximum absolute atomic E-state index is 13.8. The summed E-state index contributed by atoms with van der Waals surface area (Å²) < 4.78 is 7.52. The molecule has 0 saturated carbocycles. The van der Waals surface area contributed by atoms with E-state index in [1.54, 1.807) is 62.4 Å². The van der Waals surface area contributed by atoms with Gasteiger partial charge in [-0.15, -0.1) is 0 Å². The van der Waals surface area contributed by atoms with Crippen molar-refractivity contribution in [3.05, 3.63) is 82.4 Å². The minimum Gasteiger partial charge on any atom is -0.382 e. The summed E-state index contributed by atoms with van der Waals surface area (Å²) in [4.78, 5) is 39.4. The molecule has 2 aromatic carbocycles. The molecule has 0 amide bonds. The number of fused-ring (bicyclic) bond motifs is 1. The number of aliphatic hydroxyl groups is 2. The molecule has 1 fully saturated rings. The highest BCUT2D eigenvalue weighted by atomic mass is 35.5. The smallest absolute Gasteiger partial charge is 0.226 e. The first kappa shape index (κ1) is 25.0. The summed E-state index contributed by atoms with van der Waals surface area (Å²) in [6.45, 7) is 3.47. The van der Waals surface area contributed by atoms with Crippen LogP contribution in [0.1, 0.15) is 44.5 Å². The molecule has 0 aliphatic carbocycles. The zero-order valence-electron chi connectivity index (χ0n) is 20.0. The lowest BCUT2D eigenvalue weighted by Gasteiger charge is -2.30. The lowest BCUT2D eigenvalue weighted by Crippen LogP contribution is -2.54. The second-order valence-corrected chi connectivity index (χ2v) is 9.45. The zero-order chi connectivity index (χ0) is 26.5. The predicted octanol–water partition coefficient (Wildman–Crippen LogP) is 2.82. The molecule has 0 radical (unpaired) electrons. The zero-order valence-corrected chi connectivity index (χ0v) is 20.8. The van der Waals surface area contributed by atoms with Gasteiger partial charge in [-0.2, -0.15) is 9.97 Å². The van der Waals surface area contributed by atoms with E-state index in [1.807, 2.05) is 0 Å². The van der Waals surface area contributed by atoms with Gasteiger partial charge in [-0.05, 0) is 36.6 Å². The Morgan fingerprint density at radius 1 is 1.11 bits per heavy atom. The van der Waals surface area contributed by atoms with Crippen molar-refractivity contribution in [2.24, 2.45) is 0 Å². The van der Waals surface area contributed by atoms with Gasteiger partial charge in [-0.1, -0.05) is 48.5 Å². The van der Waals surface area contributed by atoms with E-state index in [-0.39, 0.29) is 39.8 Å². The predicted molar refractivity (Wildman–Crippen MR) is 135 cm³/mol. The monoisotopic (exact) mass is 521 g/mol. The van der Waals surface area contributed by atoms with E-state index >= 15 is 0 Å². The number of ketones is 2. The summed E-state index contributed by atoms with van der Waals surface area (Å²) in [7, 11) is 0. The maximum Gasteiger partial charge on any atom is 0.226 e. The molecule has 3 heterocycles. The number of anilines is 1. The van der Waals surface area contributed by atoms with E-state index in [0.29, 0.717) is 11.1 Å². The molecule has 1 saturated heterocycles. The number of hydrogen-bond acceptors (Lipinski definition) is 9. The van der Waals surface area contributed by atoms with Crippen molar-refractivity contribution >= 4 is 40.1 Å². The highest BCUT2D eigenvalue weighted by Gasteiger charge is 2.58. The Kier molecular flexibility index (Phi) is 6.28. The summed E-state index contributed by atoms with van der Waals surface area (Å²) in [6, 6.07) is 13.5. The Morgan fingerprint density at radius 3 is 2.38 bits per heavy atom. The average molecular weight is 522 g/mol. The van der Waals surface area contributed by atoms with E-state index in [1.165, 1.54) is 10.9 Å². The van der Waals surface area contributed by atoms with Gasteiger partial charge >= 0.3 is 0 Å². The van der Waals surface area contributed by atoms with E-state index in [9.17, 15) is 19.8 Å². The number of carbonyl (C=O) groups excluding carboxylic acids is 2. The normalized spacial score (nSPS) is 22.3. The number of nitrogens with zero attached hydrogens (tertiary/aromatic N) is 4. The van der Waals surface area contributed by atoms with Gasteiger partial charge in [0.2, 0.25) is 5.28 Å². The SMILES string of the molecule is Cc1ccccc1C(=O)C(O)[C@H]1O[C@H](n2cnc3c(N)nc(Cl)nc32)C[C@@]1(O)C(=O)c1ccccc1C. The number of Topliss-reactive ketones (excluding diaryl/α,β-unsaturated/α-hetero) is 2. The second-order valence-electron chi connectivity index (χ2n) is 9.11. The number of benzene rings is 2. The molecular formula is C26H24ClN5O5. The van der Waals surface area contributed by atoms with Crippen molar-refractivity contribution in [3.63, 3.8) is 0 Å². The third-order valence-corrected chi connectivity index (χ3v) is 6.91. The first-order chi connectivity index (χ1) is 17.6. The molecule has 190 valence electrons. The molecule has 5 rings (SSSR count). The van der Waals surface area contributed by atoms with Crippen molar-refractivity contribution in [3.8, 4) is 0 Å². The highest BCUT2D eigenvalue weighted by molar-refractivity contribution is 6.28. The number of ether oxygens (including phenoxy) is 1. The van der Waals surface area contributed by atoms with Gasteiger partial charge in [0.25, 0.3) is 0 Å². The Hall–Kier alpha value is -3.70. The fourth-order valence-corrected chi connectivity index (χ4v) is 4.93. The van der Waals surface area contributed by atoms with Crippen molar-refractivity contribution in [2.45, 2.75) is 44.3 Å². The van der Waals surface area contributed by atoms with E-state index in [0.717, 1.165) is 0 Å². The standard InChI is InChI=1S/C26H24ClN5O5/c1-13-7-3-5-9-15(13)19(33)20(34)22-26(36,21(35)16-10-6-4-8-14(16)2)11-17(37-22)32-12-29-18-23(28)30-25(27)31-24(18)32/h3-10,12,17,20,22,34,36H,11H2,1-2H3,(H2,28,30,31)/t17-,20?,22+,26+/m0/s1. The van der Waals surface area contributed by atoms with E-state index in [2.05, 4.69) is 15.0 Å². The minimum absolute atomic E-state index is 0.0457. The summed E-state index contributed by atoms with van der Waals surface area (Å²) in [5.74, 6) is -1.31. The number of imidazole rings is 1. The van der Waals surface area contributed by atoms with Gasteiger partial charge in [-0.3, -0.25) is 14.2 Å². The maximum atomic E-state index is 13.8. The Morgan fingerprint density at radius 2 is 1.73 bits per heavy atom. The molecule has 37 heavy (non-hydrogen) atoms. The summed E-state index contributed by atoms with van der Waals surface area (Å²) in [6.07, 6.45) is -3.40. The van der Waals surface area contributed by atoms with Crippen LogP contribution in [0, 0.1) is 13.8 Å². The number of aromatic nitrogens is 4.